The highest BCUT2D eigenvalue weighted by Crippen LogP contribution is 2.50. The van der Waals surface area contributed by atoms with Gasteiger partial charge in [-0.1, -0.05) is 54.4 Å². The van der Waals surface area contributed by atoms with Crippen LogP contribution in [0.2, 0.25) is 10.0 Å². The Kier molecular flexibility index (Phi) is 6.69. The number of imidazole rings is 1. The van der Waals surface area contributed by atoms with Gasteiger partial charge in [0, 0.05) is 35.6 Å². The second kappa shape index (κ2) is 9.24. The molecule has 0 saturated heterocycles. The lowest BCUT2D eigenvalue weighted by molar-refractivity contribution is -0.274. The summed E-state index contributed by atoms with van der Waals surface area (Å²) >= 11 is 12.7. The predicted octanol–water partition coefficient (Wildman–Crippen LogP) is 6.10. The van der Waals surface area contributed by atoms with Gasteiger partial charge in [0.25, 0.3) is 0 Å². The van der Waals surface area contributed by atoms with Crippen LogP contribution < -0.4 is 5.69 Å². The lowest BCUT2D eigenvalue weighted by atomic mass is 9.77. The summed E-state index contributed by atoms with van der Waals surface area (Å²) in [6, 6.07) is 12.1. The molecule has 3 aromatic carbocycles. The summed E-state index contributed by atoms with van der Waals surface area (Å²) in [6.45, 7) is 1.22. The molecule has 0 aliphatic heterocycles. The molecule has 37 heavy (non-hydrogen) atoms. The van der Waals surface area contributed by atoms with Crippen LogP contribution in [0.15, 0.2) is 59.4 Å². The zero-order valence-corrected chi connectivity index (χ0v) is 21.3. The van der Waals surface area contributed by atoms with Crippen LogP contribution >= 0.6 is 23.2 Å². The van der Waals surface area contributed by atoms with E-state index in [9.17, 15) is 27.9 Å². The average molecular weight is 553 g/mol. The Morgan fingerprint density at radius 1 is 0.919 bits per heavy atom. The van der Waals surface area contributed by atoms with E-state index in [0.717, 1.165) is 12.1 Å². The van der Waals surface area contributed by atoms with Crippen molar-refractivity contribution in [1.82, 2.24) is 9.13 Å². The van der Waals surface area contributed by atoms with Gasteiger partial charge in [0.2, 0.25) is 0 Å². The number of aryl methyl sites for hydroxylation is 2. The van der Waals surface area contributed by atoms with E-state index in [2.05, 4.69) is 0 Å². The molecule has 2 N–H and O–H groups in total. The van der Waals surface area contributed by atoms with E-state index in [4.69, 9.17) is 28.3 Å². The molecule has 1 heterocycles. The Morgan fingerprint density at radius 3 is 2.14 bits per heavy atom. The first-order valence-corrected chi connectivity index (χ1v) is 11.7. The molecule has 2 atom stereocenters. The lowest BCUT2D eigenvalue weighted by Crippen LogP contribution is -2.46. The average Bonchev–Trinajstić information content (AvgIpc) is 3.05. The van der Waals surface area contributed by atoms with Crippen LogP contribution in [0.4, 0.5) is 13.2 Å². The van der Waals surface area contributed by atoms with Crippen LogP contribution in [-0.4, -0.2) is 31.5 Å². The lowest BCUT2D eigenvalue weighted by Gasteiger charge is -2.37. The number of aromatic carboxylic acids is 1. The van der Waals surface area contributed by atoms with Crippen molar-refractivity contribution in [2.45, 2.75) is 24.6 Å². The van der Waals surface area contributed by atoms with Crippen LogP contribution in [0, 0.1) is 0 Å². The second-order valence-corrected chi connectivity index (χ2v) is 9.64. The number of carboxylic acids is 1. The van der Waals surface area contributed by atoms with Crippen LogP contribution in [0.5, 0.6) is 0 Å². The Bertz CT molecular complexity index is 1610. The molecule has 0 fully saturated rings. The number of carbonyl (C=O) groups is 1. The fraction of sp³-hybridized carbons (Fsp3) is 0.231. The third kappa shape index (κ3) is 4.31. The van der Waals surface area contributed by atoms with Crippen molar-refractivity contribution < 1.29 is 28.2 Å². The van der Waals surface area contributed by atoms with E-state index in [-0.39, 0.29) is 26.7 Å². The number of aliphatic hydroxyl groups is 1. The van der Waals surface area contributed by atoms with Gasteiger partial charge < -0.3 is 10.2 Å². The first-order valence-electron chi connectivity index (χ1n) is 11.0. The maximum absolute atomic E-state index is 14.5. The number of alkyl halides is 3. The standard InChI is InChI=1S/C26H21Cl2F3N2O4/c1-13(17-7-4-14(10-19(17)27)18-8-5-15(23(34)35)11-20(18)28)25(37,26(29,30)31)16-6-9-21-22(12-16)33(3)24(36)32(21)2/h4-13,37H,1-3H3,(H,34,35). The molecule has 194 valence electrons. The number of carboxylic acid groups (broad SMARTS) is 1. The zero-order chi connectivity index (χ0) is 27.4. The van der Waals surface area contributed by atoms with Gasteiger partial charge in [-0.2, -0.15) is 13.2 Å². The van der Waals surface area contributed by atoms with E-state index in [0.29, 0.717) is 16.6 Å². The summed E-state index contributed by atoms with van der Waals surface area (Å²) in [5.74, 6) is -2.70. The molecular weight excluding hydrogens is 532 g/mol. The van der Waals surface area contributed by atoms with Crippen LogP contribution in [0.3, 0.4) is 0 Å². The second-order valence-electron chi connectivity index (χ2n) is 8.83. The smallest absolute Gasteiger partial charge is 0.422 e. The summed E-state index contributed by atoms with van der Waals surface area (Å²) in [4.78, 5) is 23.4. The number of hydrogen-bond acceptors (Lipinski definition) is 3. The minimum atomic E-state index is -5.09. The minimum absolute atomic E-state index is 0.0202. The van der Waals surface area contributed by atoms with Gasteiger partial charge in [0.15, 0.2) is 5.60 Å². The molecule has 0 aliphatic carbocycles. The van der Waals surface area contributed by atoms with Crippen molar-refractivity contribution in [3.05, 3.63) is 91.8 Å². The summed E-state index contributed by atoms with van der Waals surface area (Å²) in [5, 5.41) is 20.5. The third-order valence-electron chi connectivity index (χ3n) is 6.76. The van der Waals surface area contributed by atoms with Crippen LogP contribution in [0.1, 0.15) is 34.3 Å². The number of aromatic nitrogens is 2. The summed E-state index contributed by atoms with van der Waals surface area (Å²) in [5.41, 5.74) is -2.62. The first-order chi connectivity index (χ1) is 17.2. The molecule has 0 saturated carbocycles. The highest BCUT2D eigenvalue weighted by Gasteiger charge is 2.59. The van der Waals surface area contributed by atoms with Gasteiger partial charge >= 0.3 is 17.8 Å². The van der Waals surface area contributed by atoms with Crippen molar-refractivity contribution >= 4 is 40.2 Å². The van der Waals surface area contributed by atoms with Crippen molar-refractivity contribution in [3.63, 3.8) is 0 Å². The molecule has 11 heteroatoms. The summed E-state index contributed by atoms with van der Waals surface area (Å²) in [7, 11) is 2.94. The molecule has 4 aromatic rings. The zero-order valence-electron chi connectivity index (χ0n) is 19.8. The molecular formula is C26H21Cl2F3N2O4. The van der Waals surface area contributed by atoms with Crippen molar-refractivity contribution in [2.24, 2.45) is 14.1 Å². The predicted molar refractivity (Wildman–Crippen MR) is 135 cm³/mol. The molecule has 4 rings (SSSR count). The molecule has 0 spiro atoms. The number of fused-ring (bicyclic) bond motifs is 1. The molecule has 0 aliphatic rings. The number of nitrogens with zero attached hydrogens (tertiary/aromatic N) is 2. The van der Waals surface area contributed by atoms with Gasteiger partial charge in [-0.3, -0.25) is 9.13 Å². The van der Waals surface area contributed by atoms with Crippen molar-refractivity contribution in [3.8, 4) is 11.1 Å². The normalized spacial score (nSPS) is 14.5. The number of rotatable bonds is 5. The minimum Gasteiger partial charge on any atom is -0.478 e. The van der Waals surface area contributed by atoms with E-state index in [1.807, 2.05) is 0 Å². The van der Waals surface area contributed by atoms with Gasteiger partial charge in [-0.25, -0.2) is 9.59 Å². The van der Waals surface area contributed by atoms with Gasteiger partial charge in [0.1, 0.15) is 0 Å². The summed E-state index contributed by atoms with van der Waals surface area (Å²) in [6.07, 6.45) is -5.09. The fourth-order valence-electron chi connectivity index (χ4n) is 4.56. The largest absolute Gasteiger partial charge is 0.478 e. The first kappa shape index (κ1) is 26.8. The Labute approximate surface area is 219 Å². The highest BCUT2D eigenvalue weighted by atomic mass is 35.5. The highest BCUT2D eigenvalue weighted by molar-refractivity contribution is 6.34. The van der Waals surface area contributed by atoms with E-state index in [1.165, 1.54) is 72.6 Å². The van der Waals surface area contributed by atoms with E-state index in [1.54, 1.807) is 0 Å². The Morgan fingerprint density at radius 2 is 1.57 bits per heavy atom. The third-order valence-corrected chi connectivity index (χ3v) is 7.40. The van der Waals surface area contributed by atoms with Crippen LogP contribution in [0.25, 0.3) is 22.2 Å². The fourth-order valence-corrected chi connectivity index (χ4v) is 5.19. The molecule has 0 amide bonds. The summed E-state index contributed by atoms with van der Waals surface area (Å²) < 4.78 is 46.0. The Balaban J connectivity index is 1.82. The van der Waals surface area contributed by atoms with Crippen LogP contribution in [-0.2, 0) is 19.7 Å². The maximum atomic E-state index is 14.5. The van der Waals surface area contributed by atoms with Gasteiger partial charge in [-0.05, 0) is 47.0 Å². The monoisotopic (exact) mass is 552 g/mol. The number of hydrogen-bond donors (Lipinski definition) is 2. The van der Waals surface area contributed by atoms with Gasteiger partial charge in [0.05, 0.1) is 16.6 Å². The number of benzene rings is 3. The van der Waals surface area contributed by atoms with Crippen molar-refractivity contribution in [1.29, 1.82) is 0 Å². The quantitative estimate of drug-likeness (QED) is 0.313. The Hall–Kier alpha value is -3.27. The van der Waals surface area contributed by atoms with Gasteiger partial charge in [-0.15, -0.1) is 0 Å². The van der Waals surface area contributed by atoms with E-state index >= 15 is 0 Å². The molecule has 1 aromatic heterocycles. The molecule has 0 radical (unpaired) electrons. The SMILES string of the molecule is CC(c1ccc(-c2ccc(C(=O)O)cc2Cl)cc1Cl)C(O)(c1ccc2c(c1)n(C)c(=O)n2C)C(F)(F)F. The molecule has 6 nitrogen and oxygen atoms in total. The topological polar surface area (TPSA) is 84.5 Å². The number of halogens is 5. The molecule has 0 bridgehead atoms. The van der Waals surface area contributed by atoms with E-state index < -0.39 is 34.9 Å². The maximum Gasteiger partial charge on any atom is 0.422 e. The molecule has 2 unspecified atom stereocenters. The van der Waals surface area contributed by atoms with Crippen molar-refractivity contribution in [2.75, 3.05) is 0 Å².